The summed E-state index contributed by atoms with van der Waals surface area (Å²) in [6.07, 6.45) is 0.00978. The summed E-state index contributed by atoms with van der Waals surface area (Å²) in [5, 5.41) is 0.0607. The van der Waals surface area contributed by atoms with Gasteiger partial charge in [-0.2, -0.15) is 0 Å². The maximum Gasteiger partial charge on any atom is 0.338 e. The van der Waals surface area contributed by atoms with Crippen LogP contribution in [0.4, 0.5) is 0 Å². The zero-order chi connectivity index (χ0) is 21.5. The first-order valence-electron chi connectivity index (χ1n) is 10.5. The maximum absolute atomic E-state index is 12.3. The van der Waals surface area contributed by atoms with E-state index in [1.54, 1.807) is 11.8 Å². The van der Waals surface area contributed by atoms with Gasteiger partial charge in [0.1, 0.15) is 0 Å². The standard InChI is InChI=1S/C26H27NO3S/c1-29-26(28)22-14-8-9-15-24(22)31-25(21-12-6-3-7-13-21)23-19-27(16-17-30-23)18-20-10-4-2-5-11-20/h2-15,23,25H,16-19H2,1H3/t23-,25-/m0/s1. The van der Waals surface area contributed by atoms with Gasteiger partial charge in [-0.3, -0.25) is 4.90 Å². The molecule has 3 aromatic rings. The summed E-state index contributed by atoms with van der Waals surface area (Å²) < 4.78 is 11.3. The molecule has 1 saturated heterocycles. The zero-order valence-corrected chi connectivity index (χ0v) is 18.5. The number of thioether (sulfide) groups is 1. The predicted octanol–water partition coefficient (Wildman–Crippen LogP) is 5.21. The highest BCUT2D eigenvalue weighted by Crippen LogP contribution is 2.41. The molecular weight excluding hydrogens is 406 g/mol. The Hall–Kier alpha value is -2.60. The first-order valence-corrected chi connectivity index (χ1v) is 11.4. The molecule has 0 aromatic heterocycles. The minimum atomic E-state index is -0.315. The van der Waals surface area contributed by atoms with Gasteiger partial charge in [0.2, 0.25) is 0 Å². The van der Waals surface area contributed by atoms with Crippen LogP contribution in [0.1, 0.15) is 26.7 Å². The topological polar surface area (TPSA) is 38.8 Å². The summed E-state index contributed by atoms with van der Waals surface area (Å²) in [7, 11) is 1.42. The van der Waals surface area contributed by atoms with Gasteiger partial charge in [0, 0.05) is 24.5 Å². The van der Waals surface area contributed by atoms with E-state index in [1.165, 1.54) is 18.2 Å². The van der Waals surface area contributed by atoms with Crippen LogP contribution in [0.2, 0.25) is 0 Å². The second-order valence-corrected chi connectivity index (χ2v) is 8.75. The number of carbonyl (C=O) groups is 1. The van der Waals surface area contributed by atoms with Crippen molar-refractivity contribution in [2.45, 2.75) is 22.8 Å². The quantitative estimate of drug-likeness (QED) is 0.378. The van der Waals surface area contributed by atoms with Crippen molar-refractivity contribution in [2.24, 2.45) is 0 Å². The van der Waals surface area contributed by atoms with Crippen molar-refractivity contribution in [1.82, 2.24) is 4.90 Å². The lowest BCUT2D eigenvalue weighted by atomic mass is 10.1. The van der Waals surface area contributed by atoms with Crippen molar-refractivity contribution in [3.8, 4) is 0 Å². The van der Waals surface area contributed by atoms with Crippen molar-refractivity contribution >= 4 is 17.7 Å². The first kappa shape index (κ1) is 21.6. The molecule has 4 nitrogen and oxygen atoms in total. The molecule has 0 amide bonds. The number of esters is 1. The Balaban J connectivity index is 1.58. The third-order valence-corrected chi connectivity index (χ3v) is 6.88. The molecule has 5 heteroatoms. The van der Waals surface area contributed by atoms with Crippen LogP contribution < -0.4 is 0 Å². The van der Waals surface area contributed by atoms with Crippen molar-refractivity contribution in [3.05, 3.63) is 102 Å². The van der Waals surface area contributed by atoms with E-state index in [2.05, 4.69) is 53.4 Å². The van der Waals surface area contributed by atoms with Crippen LogP contribution in [-0.2, 0) is 16.0 Å². The number of ether oxygens (including phenoxy) is 2. The lowest BCUT2D eigenvalue weighted by molar-refractivity contribution is -0.0319. The number of methoxy groups -OCH3 is 1. The number of rotatable bonds is 7. The van der Waals surface area contributed by atoms with Gasteiger partial charge in [0.15, 0.2) is 0 Å². The van der Waals surface area contributed by atoms with Gasteiger partial charge >= 0.3 is 5.97 Å². The summed E-state index contributed by atoms with van der Waals surface area (Å²) >= 11 is 1.67. The summed E-state index contributed by atoms with van der Waals surface area (Å²) in [4.78, 5) is 15.7. The number of carbonyl (C=O) groups excluding carboxylic acids is 1. The molecule has 1 aliphatic heterocycles. The van der Waals surface area contributed by atoms with Gasteiger partial charge in [-0.05, 0) is 23.3 Å². The lowest BCUT2D eigenvalue weighted by Crippen LogP contribution is -2.44. The van der Waals surface area contributed by atoms with E-state index in [4.69, 9.17) is 9.47 Å². The lowest BCUT2D eigenvalue weighted by Gasteiger charge is -2.37. The molecule has 4 rings (SSSR count). The zero-order valence-electron chi connectivity index (χ0n) is 17.6. The molecule has 0 saturated carbocycles. The number of benzene rings is 3. The average Bonchev–Trinajstić information content (AvgIpc) is 2.83. The smallest absolute Gasteiger partial charge is 0.338 e. The highest BCUT2D eigenvalue weighted by Gasteiger charge is 2.31. The second kappa shape index (κ2) is 10.6. The summed E-state index contributed by atoms with van der Waals surface area (Å²) in [6.45, 7) is 3.35. The molecule has 0 N–H and O–H groups in total. The van der Waals surface area contributed by atoms with Gasteiger partial charge in [-0.25, -0.2) is 4.79 Å². The number of hydrogen-bond acceptors (Lipinski definition) is 5. The number of hydrogen-bond donors (Lipinski definition) is 0. The molecule has 2 atom stereocenters. The van der Waals surface area contributed by atoms with Gasteiger partial charge in [-0.15, -0.1) is 11.8 Å². The van der Waals surface area contributed by atoms with Gasteiger partial charge in [-0.1, -0.05) is 72.8 Å². The molecule has 0 radical (unpaired) electrons. The van der Waals surface area contributed by atoms with Crippen molar-refractivity contribution in [1.29, 1.82) is 0 Å². The third-order valence-electron chi connectivity index (χ3n) is 5.44. The van der Waals surface area contributed by atoms with Crippen LogP contribution in [0.25, 0.3) is 0 Å². The monoisotopic (exact) mass is 433 g/mol. The minimum Gasteiger partial charge on any atom is -0.465 e. The van der Waals surface area contributed by atoms with E-state index in [0.717, 1.165) is 24.5 Å². The Morgan fingerprint density at radius 2 is 1.71 bits per heavy atom. The van der Waals surface area contributed by atoms with Gasteiger partial charge < -0.3 is 9.47 Å². The second-order valence-electron chi connectivity index (χ2n) is 7.57. The molecule has 31 heavy (non-hydrogen) atoms. The molecular formula is C26H27NO3S. The Kier molecular flexibility index (Phi) is 7.41. The molecule has 0 aliphatic carbocycles. The normalized spacial score (nSPS) is 17.8. The van der Waals surface area contributed by atoms with E-state index >= 15 is 0 Å². The third kappa shape index (κ3) is 5.56. The van der Waals surface area contributed by atoms with Gasteiger partial charge in [0.05, 0.1) is 30.6 Å². The van der Waals surface area contributed by atoms with E-state index in [9.17, 15) is 4.79 Å². The molecule has 1 fully saturated rings. The molecule has 3 aromatic carbocycles. The summed E-state index contributed by atoms with van der Waals surface area (Å²) in [6, 6.07) is 28.6. The molecule has 1 heterocycles. The largest absolute Gasteiger partial charge is 0.465 e. The predicted molar refractivity (Wildman–Crippen MR) is 124 cm³/mol. The van der Waals surface area contributed by atoms with E-state index in [-0.39, 0.29) is 17.3 Å². The molecule has 160 valence electrons. The Morgan fingerprint density at radius 1 is 1.03 bits per heavy atom. The average molecular weight is 434 g/mol. The van der Waals surface area contributed by atoms with Crippen LogP contribution in [0.15, 0.2) is 89.8 Å². The Bertz CT molecular complexity index is 980. The molecule has 1 aliphatic rings. The minimum absolute atomic E-state index is 0.00978. The fourth-order valence-electron chi connectivity index (χ4n) is 3.89. The SMILES string of the molecule is COC(=O)c1ccccc1S[C@@H](c1ccccc1)[C@@H]1CN(Cc2ccccc2)CCO1. The number of morpholine rings is 1. The highest BCUT2D eigenvalue weighted by molar-refractivity contribution is 7.99. The van der Waals surface area contributed by atoms with Crippen LogP contribution >= 0.6 is 11.8 Å². The molecule has 0 unspecified atom stereocenters. The van der Waals surface area contributed by atoms with Crippen LogP contribution in [0.5, 0.6) is 0 Å². The van der Waals surface area contributed by atoms with Crippen LogP contribution in [-0.4, -0.2) is 43.8 Å². The first-order chi connectivity index (χ1) is 15.2. The maximum atomic E-state index is 12.3. The summed E-state index contributed by atoms with van der Waals surface area (Å²) in [5.74, 6) is -0.315. The highest BCUT2D eigenvalue weighted by atomic mass is 32.2. The van der Waals surface area contributed by atoms with E-state index in [0.29, 0.717) is 12.2 Å². The van der Waals surface area contributed by atoms with E-state index in [1.807, 2.05) is 36.4 Å². The fraction of sp³-hybridized carbons (Fsp3) is 0.269. The van der Waals surface area contributed by atoms with Crippen molar-refractivity contribution in [2.75, 3.05) is 26.8 Å². The fourth-order valence-corrected chi connectivity index (χ4v) is 5.20. The Labute approximate surface area is 188 Å². The van der Waals surface area contributed by atoms with Crippen LogP contribution in [0.3, 0.4) is 0 Å². The van der Waals surface area contributed by atoms with E-state index < -0.39 is 0 Å². The summed E-state index contributed by atoms with van der Waals surface area (Å²) in [5.41, 5.74) is 3.09. The Morgan fingerprint density at radius 3 is 2.45 bits per heavy atom. The number of nitrogens with zero attached hydrogens (tertiary/aromatic N) is 1. The molecule has 0 bridgehead atoms. The van der Waals surface area contributed by atoms with Crippen molar-refractivity contribution in [3.63, 3.8) is 0 Å². The van der Waals surface area contributed by atoms with Crippen LogP contribution in [0, 0.1) is 0 Å². The molecule has 0 spiro atoms. The van der Waals surface area contributed by atoms with Gasteiger partial charge in [0.25, 0.3) is 0 Å². The van der Waals surface area contributed by atoms with Crippen molar-refractivity contribution < 1.29 is 14.3 Å².